The lowest BCUT2D eigenvalue weighted by atomic mass is 9.80. The summed E-state index contributed by atoms with van der Waals surface area (Å²) in [6, 6.07) is 4.11. The number of fused-ring (bicyclic) bond motifs is 1. The summed E-state index contributed by atoms with van der Waals surface area (Å²) in [5.41, 5.74) is 2.09. The van der Waals surface area contributed by atoms with Crippen molar-refractivity contribution in [1.29, 1.82) is 0 Å². The Morgan fingerprint density at radius 1 is 1.56 bits per heavy atom. The highest BCUT2D eigenvalue weighted by atomic mass is 16.5. The first-order chi connectivity index (χ1) is 8.53. The van der Waals surface area contributed by atoms with Crippen molar-refractivity contribution in [3.63, 3.8) is 0 Å². The molecule has 1 heterocycles. The Balaban J connectivity index is 2.15. The van der Waals surface area contributed by atoms with Crippen LogP contribution in [0.3, 0.4) is 0 Å². The van der Waals surface area contributed by atoms with Crippen LogP contribution in [-0.2, 0) is 11.2 Å². The quantitative estimate of drug-likeness (QED) is 0.892. The molecule has 0 saturated heterocycles. The zero-order chi connectivity index (χ0) is 13.2. The van der Waals surface area contributed by atoms with Crippen molar-refractivity contribution in [2.75, 3.05) is 7.11 Å². The highest BCUT2D eigenvalue weighted by molar-refractivity contribution is 5.27. The Morgan fingerprint density at radius 2 is 2.33 bits per heavy atom. The van der Waals surface area contributed by atoms with Crippen LogP contribution in [0.25, 0.3) is 0 Å². The molecule has 0 aliphatic heterocycles. The van der Waals surface area contributed by atoms with Gasteiger partial charge in [0, 0.05) is 31.3 Å². The molecule has 0 spiro atoms. The molecule has 0 amide bonds. The van der Waals surface area contributed by atoms with Crippen molar-refractivity contribution in [3.8, 4) is 0 Å². The van der Waals surface area contributed by atoms with Crippen LogP contribution in [0.4, 0.5) is 0 Å². The summed E-state index contributed by atoms with van der Waals surface area (Å²) >= 11 is 0. The second-order valence-electron chi connectivity index (χ2n) is 5.78. The predicted octanol–water partition coefficient (Wildman–Crippen LogP) is 2.68. The van der Waals surface area contributed by atoms with Gasteiger partial charge in [-0.3, -0.25) is 4.98 Å². The minimum Gasteiger partial charge on any atom is -0.392 e. The summed E-state index contributed by atoms with van der Waals surface area (Å²) in [6.45, 7) is 4.02. The van der Waals surface area contributed by atoms with E-state index >= 15 is 0 Å². The Morgan fingerprint density at radius 3 is 3.06 bits per heavy atom. The monoisotopic (exact) mass is 249 g/mol. The summed E-state index contributed by atoms with van der Waals surface area (Å²) in [5, 5.41) is 10.5. The molecule has 1 N–H and O–H groups in total. The summed E-state index contributed by atoms with van der Waals surface area (Å²) < 4.78 is 5.41. The molecule has 1 aliphatic rings. The van der Waals surface area contributed by atoms with Crippen molar-refractivity contribution in [3.05, 3.63) is 29.6 Å². The maximum absolute atomic E-state index is 10.5. The molecule has 2 unspecified atom stereocenters. The van der Waals surface area contributed by atoms with Gasteiger partial charge in [-0.2, -0.15) is 0 Å². The minimum absolute atomic E-state index is 0.157. The van der Waals surface area contributed by atoms with Gasteiger partial charge >= 0.3 is 0 Å². The molecule has 1 aromatic heterocycles. The number of aryl methyl sites for hydroxylation is 1. The van der Waals surface area contributed by atoms with Crippen LogP contribution >= 0.6 is 0 Å². The van der Waals surface area contributed by atoms with Gasteiger partial charge in [0.05, 0.1) is 11.7 Å². The lowest BCUT2D eigenvalue weighted by Crippen LogP contribution is -2.33. The molecular formula is C15H23NO2. The van der Waals surface area contributed by atoms with Crippen LogP contribution < -0.4 is 0 Å². The van der Waals surface area contributed by atoms with Crippen molar-refractivity contribution in [2.45, 2.75) is 57.2 Å². The van der Waals surface area contributed by atoms with Gasteiger partial charge in [-0.15, -0.1) is 0 Å². The minimum atomic E-state index is -0.381. The van der Waals surface area contributed by atoms with E-state index in [1.54, 1.807) is 7.11 Å². The standard InChI is InChI=1S/C15H23NO2/c1-15(2,18-3)10-13(17)12-8-4-6-11-7-5-9-16-14(11)12/h5,7,9,12-13,17H,4,6,8,10H2,1-3H3. The van der Waals surface area contributed by atoms with Crippen LogP contribution in [0.2, 0.25) is 0 Å². The molecule has 0 bridgehead atoms. The number of methoxy groups -OCH3 is 1. The molecule has 3 heteroatoms. The number of hydrogen-bond acceptors (Lipinski definition) is 3. The summed E-state index contributed by atoms with van der Waals surface area (Å²) in [4.78, 5) is 4.48. The third kappa shape index (κ3) is 2.90. The number of aromatic nitrogens is 1. The number of aliphatic hydroxyl groups excluding tert-OH is 1. The predicted molar refractivity (Wildman–Crippen MR) is 71.6 cm³/mol. The average molecular weight is 249 g/mol. The number of ether oxygens (including phenoxy) is 1. The van der Waals surface area contributed by atoms with Gasteiger partial charge in [0.1, 0.15) is 0 Å². The SMILES string of the molecule is COC(C)(C)CC(O)C1CCCc2cccnc21. The van der Waals surface area contributed by atoms with Crippen LogP contribution in [0.15, 0.2) is 18.3 Å². The maximum Gasteiger partial charge on any atom is 0.0651 e. The average Bonchev–Trinajstić information content (AvgIpc) is 2.37. The molecule has 0 fully saturated rings. The van der Waals surface area contributed by atoms with Gasteiger partial charge in [0.25, 0.3) is 0 Å². The first-order valence-corrected chi connectivity index (χ1v) is 6.70. The molecule has 0 saturated carbocycles. The number of hydrogen-bond donors (Lipinski definition) is 1. The fourth-order valence-corrected chi connectivity index (χ4v) is 2.75. The van der Waals surface area contributed by atoms with Crippen molar-refractivity contribution in [2.24, 2.45) is 0 Å². The fourth-order valence-electron chi connectivity index (χ4n) is 2.75. The molecule has 0 aromatic carbocycles. The Kier molecular flexibility index (Phi) is 4.03. The van der Waals surface area contributed by atoms with E-state index in [9.17, 15) is 5.11 Å². The molecule has 2 atom stereocenters. The Bertz CT molecular complexity index is 403. The summed E-state index contributed by atoms with van der Waals surface area (Å²) in [5.74, 6) is 0.157. The molecule has 3 nitrogen and oxygen atoms in total. The summed E-state index contributed by atoms with van der Waals surface area (Å²) in [7, 11) is 1.69. The Hall–Kier alpha value is -0.930. The molecule has 1 aliphatic carbocycles. The van der Waals surface area contributed by atoms with E-state index in [-0.39, 0.29) is 17.6 Å². The lowest BCUT2D eigenvalue weighted by molar-refractivity contribution is -0.0273. The van der Waals surface area contributed by atoms with Crippen molar-refractivity contribution < 1.29 is 9.84 Å². The topological polar surface area (TPSA) is 42.4 Å². The highest BCUT2D eigenvalue weighted by Gasteiger charge is 2.31. The molecule has 0 radical (unpaired) electrons. The normalized spacial score (nSPS) is 21.4. The second-order valence-corrected chi connectivity index (χ2v) is 5.78. The van der Waals surface area contributed by atoms with Crippen molar-refractivity contribution in [1.82, 2.24) is 4.98 Å². The molecule has 1 aromatic rings. The first-order valence-electron chi connectivity index (χ1n) is 6.70. The first kappa shape index (κ1) is 13.5. The number of rotatable bonds is 4. The highest BCUT2D eigenvalue weighted by Crippen LogP contribution is 2.35. The van der Waals surface area contributed by atoms with Gasteiger partial charge < -0.3 is 9.84 Å². The van der Waals surface area contributed by atoms with E-state index in [1.807, 2.05) is 26.1 Å². The zero-order valence-electron chi connectivity index (χ0n) is 11.5. The van der Waals surface area contributed by atoms with Gasteiger partial charge in [0.2, 0.25) is 0 Å². The smallest absolute Gasteiger partial charge is 0.0651 e. The van der Waals surface area contributed by atoms with Crippen LogP contribution in [0, 0.1) is 0 Å². The van der Waals surface area contributed by atoms with Crippen LogP contribution in [0.5, 0.6) is 0 Å². The van der Waals surface area contributed by atoms with E-state index in [2.05, 4.69) is 11.1 Å². The van der Waals surface area contributed by atoms with E-state index in [4.69, 9.17) is 4.74 Å². The van der Waals surface area contributed by atoms with E-state index in [1.165, 1.54) is 5.56 Å². The zero-order valence-corrected chi connectivity index (χ0v) is 11.5. The largest absolute Gasteiger partial charge is 0.392 e. The number of nitrogens with zero attached hydrogens (tertiary/aromatic N) is 1. The third-order valence-corrected chi connectivity index (χ3v) is 3.96. The third-order valence-electron chi connectivity index (χ3n) is 3.96. The van der Waals surface area contributed by atoms with E-state index in [0.29, 0.717) is 6.42 Å². The lowest BCUT2D eigenvalue weighted by Gasteiger charge is -2.33. The molecule has 18 heavy (non-hydrogen) atoms. The Labute approximate surface area is 109 Å². The fraction of sp³-hybridized carbons (Fsp3) is 0.667. The number of pyridine rings is 1. The van der Waals surface area contributed by atoms with Gasteiger partial charge in [0.15, 0.2) is 0 Å². The van der Waals surface area contributed by atoms with Gasteiger partial charge in [-0.25, -0.2) is 0 Å². The van der Waals surface area contributed by atoms with Gasteiger partial charge in [-0.1, -0.05) is 6.07 Å². The van der Waals surface area contributed by atoms with Gasteiger partial charge in [-0.05, 0) is 44.7 Å². The van der Waals surface area contributed by atoms with E-state index in [0.717, 1.165) is 25.0 Å². The molecule has 100 valence electrons. The number of aliphatic hydroxyl groups is 1. The second kappa shape index (κ2) is 5.37. The van der Waals surface area contributed by atoms with Crippen LogP contribution in [0.1, 0.15) is 50.3 Å². The van der Waals surface area contributed by atoms with Crippen molar-refractivity contribution >= 4 is 0 Å². The maximum atomic E-state index is 10.5. The molecular weight excluding hydrogens is 226 g/mol. The molecule has 2 rings (SSSR count). The van der Waals surface area contributed by atoms with E-state index < -0.39 is 0 Å². The van der Waals surface area contributed by atoms with Crippen LogP contribution in [-0.4, -0.2) is 28.9 Å². The summed E-state index contributed by atoms with van der Waals surface area (Å²) in [6.07, 6.45) is 5.32.